The number of fused-ring (bicyclic) bond motifs is 1. The van der Waals surface area contributed by atoms with E-state index in [1.807, 2.05) is 13.8 Å². The van der Waals surface area contributed by atoms with Crippen molar-refractivity contribution in [3.8, 4) is 0 Å². The van der Waals surface area contributed by atoms with Crippen molar-refractivity contribution in [1.29, 1.82) is 0 Å². The molecule has 0 aliphatic heterocycles. The maximum Gasteiger partial charge on any atom is 0.181 e. The Labute approximate surface area is 73.3 Å². The molecule has 0 saturated heterocycles. The van der Waals surface area contributed by atoms with E-state index in [0.717, 1.165) is 36.3 Å². The second kappa shape index (κ2) is 4.10. The van der Waals surface area contributed by atoms with Gasteiger partial charge in [-0.25, -0.2) is 4.98 Å². The minimum absolute atomic E-state index is 0.992. The predicted octanol–water partition coefficient (Wildman–Crippen LogP) is 3.05. The quantitative estimate of drug-likeness (QED) is 0.590. The number of aromatic nitrogens is 1. The average molecular weight is 165 g/mol. The minimum atomic E-state index is 0.992. The standard InChI is InChI=1S/C8H9NO.C2H6/c1-6-3-2-4-7-8(6)9-5-10-7;1-2/h5H,1-4H2;1-2H3. The molecule has 0 bridgehead atoms. The van der Waals surface area contributed by atoms with Crippen LogP contribution >= 0.6 is 0 Å². The van der Waals surface area contributed by atoms with Gasteiger partial charge in [0, 0.05) is 6.42 Å². The van der Waals surface area contributed by atoms with Crippen molar-refractivity contribution in [2.75, 3.05) is 0 Å². The van der Waals surface area contributed by atoms with Crippen LogP contribution in [0.15, 0.2) is 17.4 Å². The lowest BCUT2D eigenvalue weighted by Gasteiger charge is -2.09. The van der Waals surface area contributed by atoms with Crippen LogP contribution in [0.2, 0.25) is 0 Å². The summed E-state index contributed by atoms with van der Waals surface area (Å²) in [6.45, 7) is 7.91. The summed E-state index contributed by atoms with van der Waals surface area (Å²) >= 11 is 0. The highest BCUT2D eigenvalue weighted by atomic mass is 16.3. The SMILES string of the molecule is C=C1CCCc2ocnc21.CC. The topological polar surface area (TPSA) is 26.0 Å². The van der Waals surface area contributed by atoms with Crippen molar-refractivity contribution in [3.05, 3.63) is 24.4 Å². The molecule has 0 aromatic carbocycles. The van der Waals surface area contributed by atoms with Crippen molar-refractivity contribution >= 4 is 5.57 Å². The van der Waals surface area contributed by atoms with E-state index < -0.39 is 0 Å². The van der Waals surface area contributed by atoms with Gasteiger partial charge in [-0.3, -0.25) is 0 Å². The Morgan fingerprint density at radius 1 is 1.42 bits per heavy atom. The lowest BCUT2D eigenvalue weighted by Crippen LogP contribution is -1.97. The van der Waals surface area contributed by atoms with E-state index in [1.54, 1.807) is 0 Å². The molecule has 1 aromatic rings. The zero-order valence-corrected chi connectivity index (χ0v) is 7.76. The highest BCUT2D eigenvalue weighted by molar-refractivity contribution is 5.62. The summed E-state index contributed by atoms with van der Waals surface area (Å²) in [5.74, 6) is 1.01. The van der Waals surface area contributed by atoms with Crippen molar-refractivity contribution in [2.45, 2.75) is 33.1 Å². The first-order valence-electron chi connectivity index (χ1n) is 4.48. The zero-order chi connectivity index (χ0) is 8.97. The van der Waals surface area contributed by atoms with Crippen molar-refractivity contribution in [2.24, 2.45) is 0 Å². The molecule has 0 amide bonds. The van der Waals surface area contributed by atoms with E-state index in [2.05, 4.69) is 11.6 Å². The third-order valence-electron chi connectivity index (χ3n) is 1.86. The van der Waals surface area contributed by atoms with Gasteiger partial charge in [0.05, 0.1) is 0 Å². The van der Waals surface area contributed by atoms with Gasteiger partial charge in [0.15, 0.2) is 6.39 Å². The normalized spacial score (nSPS) is 14.7. The van der Waals surface area contributed by atoms with E-state index in [4.69, 9.17) is 4.42 Å². The van der Waals surface area contributed by atoms with Crippen LogP contribution in [0.1, 0.15) is 38.1 Å². The largest absolute Gasteiger partial charge is 0.448 e. The Bertz CT molecular complexity index is 263. The number of rotatable bonds is 0. The van der Waals surface area contributed by atoms with Gasteiger partial charge in [0.2, 0.25) is 0 Å². The Balaban J connectivity index is 0.000000336. The summed E-state index contributed by atoms with van der Waals surface area (Å²) in [4.78, 5) is 4.07. The Hall–Kier alpha value is -1.05. The molecule has 0 N–H and O–H groups in total. The van der Waals surface area contributed by atoms with Gasteiger partial charge in [-0.1, -0.05) is 20.4 Å². The molecule has 12 heavy (non-hydrogen) atoms. The molecule has 0 spiro atoms. The highest BCUT2D eigenvalue weighted by Gasteiger charge is 2.15. The number of allylic oxidation sites excluding steroid dienone is 1. The monoisotopic (exact) mass is 165 g/mol. The first kappa shape index (κ1) is 9.04. The fourth-order valence-corrected chi connectivity index (χ4v) is 1.32. The van der Waals surface area contributed by atoms with Crippen molar-refractivity contribution in [1.82, 2.24) is 4.98 Å². The van der Waals surface area contributed by atoms with Gasteiger partial charge in [-0.15, -0.1) is 0 Å². The van der Waals surface area contributed by atoms with Crippen LogP contribution in [0.25, 0.3) is 5.57 Å². The van der Waals surface area contributed by atoms with E-state index in [1.165, 1.54) is 6.39 Å². The van der Waals surface area contributed by atoms with Gasteiger partial charge in [0.25, 0.3) is 0 Å². The first-order chi connectivity index (χ1) is 5.88. The van der Waals surface area contributed by atoms with Gasteiger partial charge in [-0.05, 0) is 18.4 Å². The Kier molecular flexibility index (Phi) is 3.09. The second-order valence-corrected chi connectivity index (χ2v) is 2.58. The van der Waals surface area contributed by atoms with Gasteiger partial charge in [0.1, 0.15) is 11.5 Å². The molecule has 1 aromatic heterocycles. The van der Waals surface area contributed by atoms with Crippen LogP contribution in [-0.4, -0.2) is 4.98 Å². The third-order valence-corrected chi connectivity index (χ3v) is 1.86. The molecule has 1 aliphatic rings. The van der Waals surface area contributed by atoms with E-state index >= 15 is 0 Å². The van der Waals surface area contributed by atoms with Crippen LogP contribution in [0.5, 0.6) is 0 Å². The van der Waals surface area contributed by atoms with Gasteiger partial charge in [-0.2, -0.15) is 0 Å². The number of aryl methyl sites for hydroxylation is 1. The molecule has 0 fully saturated rings. The third kappa shape index (κ3) is 1.58. The van der Waals surface area contributed by atoms with E-state index in [-0.39, 0.29) is 0 Å². The molecule has 2 heteroatoms. The lowest BCUT2D eigenvalue weighted by atomic mass is 9.98. The summed E-state index contributed by atoms with van der Waals surface area (Å²) in [6, 6.07) is 0. The van der Waals surface area contributed by atoms with Crippen LogP contribution in [0.3, 0.4) is 0 Å². The number of oxazole rings is 1. The first-order valence-corrected chi connectivity index (χ1v) is 4.48. The molecular weight excluding hydrogens is 150 g/mol. The number of hydrogen-bond donors (Lipinski definition) is 0. The molecule has 0 atom stereocenters. The summed E-state index contributed by atoms with van der Waals surface area (Å²) in [5.41, 5.74) is 2.11. The molecule has 2 rings (SSSR count). The zero-order valence-electron chi connectivity index (χ0n) is 7.76. The molecule has 2 nitrogen and oxygen atoms in total. The fourth-order valence-electron chi connectivity index (χ4n) is 1.32. The maximum atomic E-state index is 5.15. The lowest BCUT2D eigenvalue weighted by molar-refractivity contribution is 0.493. The van der Waals surface area contributed by atoms with Crippen LogP contribution in [0, 0.1) is 0 Å². The van der Waals surface area contributed by atoms with Crippen LogP contribution in [-0.2, 0) is 6.42 Å². The van der Waals surface area contributed by atoms with E-state index in [0.29, 0.717) is 0 Å². The highest BCUT2D eigenvalue weighted by Crippen LogP contribution is 2.27. The van der Waals surface area contributed by atoms with Crippen molar-refractivity contribution in [3.63, 3.8) is 0 Å². The van der Waals surface area contributed by atoms with Crippen LogP contribution < -0.4 is 0 Å². The average Bonchev–Trinajstić information content (AvgIpc) is 2.57. The number of hydrogen-bond acceptors (Lipinski definition) is 2. The summed E-state index contributed by atoms with van der Waals surface area (Å²) in [6.07, 6.45) is 4.75. The summed E-state index contributed by atoms with van der Waals surface area (Å²) in [7, 11) is 0. The smallest absolute Gasteiger partial charge is 0.181 e. The van der Waals surface area contributed by atoms with Gasteiger partial charge >= 0.3 is 0 Å². The van der Waals surface area contributed by atoms with Crippen molar-refractivity contribution < 1.29 is 4.42 Å². The Morgan fingerprint density at radius 3 is 2.83 bits per heavy atom. The molecular formula is C10H15NO. The second-order valence-electron chi connectivity index (χ2n) is 2.58. The molecule has 66 valence electrons. The Morgan fingerprint density at radius 2 is 2.17 bits per heavy atom. The molecule has 0 radical (unpaired) electrons. The fraction of sp³-hybridized carbons (Fsp3) is 0.500. The molecule has 0 saturated carbocycles. The molecule has 1 heterocycles. The van der Waals surface area contributed by atoms with Crippen LogP contribution in [0.4, 0.5) is 0 Å². The predicted molar refractivity (Wildman–Crippen MR) is 49.8 cm³/mol. The van der Waals surface area contributed by atoms with E-state index in [9.17, 15) is 0 Å². The molecule has 0 unspecified atom stereocenters. The number of nitrogens with zero attached hydrogens (tertiary/aromatic N) is 1. The van der Waals surface area contributed by atoms with Gasteiger partial charge < -0.3 is 4.42 Å². The minimum Gasteiger partial charge on any atom is -0.448 e. The molecule has 1 aliphatic carbocycles. The maximum absolute atomic E-state index is 5.15. The summed E-state index contributed by atoms with van der Waals surface area (Å²) in [5, 5.41) is 0. The summed E-state index contributed by atoms with van der Waals surface area (Å²) < 4.78 is 5.15.